The van der Waals surface area contributed by atoms with Crippen LogP contribution in [-0.4, -0.2) is 70.0 Å². The van der Waals surface area contributed by atoms with Crippen LogP contribution in [0.2, 0.25) is 0 Å². The Morgan fingerprint density at radius 3 is 0.988 bits per heavy atom. The third kappa shape index (κ3) is 66.8. The van der Waals surface area contributed by atoms with E-state index in [0.29, 0.717) is 30.3 Å². The zero-order valence-corrected chi connectivity index (χ0v) is 54.9. The normalized spacial score (nSPS) is 14.2. The fourth-order valence-corrected chi connectivity index (χ4v) is 9.26. The van der Waals surface area contributed by atoms with Crippen molar-refractivity contribution >= 4 is 19.8 Å². The van der Waals surface area contributed by atoms with Gasteiger partial charge in [0, 0.05) is 12.8 Å². The first-order valence-electron chi connectivity index (χ1n) is 33.2. The Morgan fingerprint density at radius 2 is 0.655 bits per heavy atom. The van der Waals surface area contributed by atoms with E-state index in [9.17, 15) is 19.0 Å². The lowest BCUT2D eigenvalue weighted by molar-refractivity contribution is -0.870. The molecule has 10 heteroatoms. The van der Waals surface area contributed by atoms with Gasteiger partial charge in [0.1, 0.15) is 19.8 Å². The number of phosphoric ester groups is 1. The van der Waals surface area contributed by atoms with Crippen LogP contribution in [-0.2, 0) is 32.7 Å². The standard InChI is InChI=1S/C74H122NO8P/c1-6-8-10-12-14-16-18-20-22-24-26-28-30-31-32-33-34-35-36-37-38-39-40-41-42-43-45-46-48-50-52-54-56-58-60-62-64-66-73(76)80-70-72(71-82-84(78,79)81-69-68-75(3,4)5)83-74(77)67-65-63-61-59-57-55-53-51-49-47-44-29-27-25-23-21-19-17-15-13-11-9-7-2/h8-11,14-17,20-23,26-29,31-32,34-35,47,49,53,55,59,61,72H,6-7,12-13,18-19,24-25,30,33,36-46,48,50-52,54,56-58,60,62-71H2,1-5H3/b10-8-,11-9-,16-14-,17-15-,22-20-,23-21-,28-26-,29-27-,32-31-,35-34-,49-47-,55-53-,61-59-. The number of unbranched alkanes of at least 4 members (excludes halogenated alkanes) is 19. The molecule has 0 saturated heterocycles. The number of allylic oxidation sites excluding steroid dienone is 26. The lowest BCUT2D eigenvalue weighted by Crippen LogP contribution is -2.37. The van der Waals surface area contributed by atoms with Crippen LogP contribution in [0.5, 0.6) is 0 Å². The zero-order chi connectivity index (χ0) is 61.2. The van der Waals surface area contributed by atoms with Crippen molar-refractivity contribution in [2.45, 2.75) is 251 Å². The second-order valence-electron chi connectivity index (χ2n) is 22.7. The zero-order valence-electron chi connectivity index (χ0n) is 54.0. The van der Waals surface area contributed by atoms with Crippen molar-refractivity contribution in [1.82, 2.24) is 0 Å². The van der Waals surface area contributed by atoms with E-state index in [4.69, 9.17) is 18.5 Å². The first kappa shape index (κ1) is 79.6. The molecular weight excluding hydrogens is 1060 g/mol. The molecule has 0 radical (unpaired) electrons. The van der Waals surface area contributed by atoms with Gasteiger partial charge in [-0.2, -0.15) is 0 Å². The van der Waals surface area contributed by atoms with E-state index < -0.39 is 32.5 Å². The molecule has 0 saturated carbocycles. The first-order chi connectivity index (χ1) is 41.0. The van der Waals surface area contributed by atoms with Gasteiger partial charge < -0.3 is 27.9 Å². The number of hydrogen-bond acceptors (Lipinski definition) is 8. The summed E-state index contributed by atoms with van der Waals surface area (Å²) in [4.78, 5) is 38.0. The number of carbonyl (C=O) groups excluding carboxylic acids is 2. The lowest BCUT2D eigenvalue weighted by Gasteiger charge is -2.28. The summed E-state index contributed by atoms with van der Waals surface area (Å²) in [5.41, 5.74) is 0. The first-order valence-corrected chi connectivity index (χ1v) is 34.7. The van der Waals surface area contributed by atoms with Crippen molar-refractivity contribution in [3.8, 4) is 0 Å². The Bertz CT molecular complexity index is 1970. The average molecular weight is 1180 g/mol. The maximum Gasteiger partial charge on any atom is 0.306 e. The third-order valence-electron chi connectivity index (χ3n) is 13.5. The Labute approximate surface area is 516 Å². The van der Waals surface area contributed by atoms with Gasteiger partial charge in [-0.3, -0.25) is 14.2 Å². The highest BCUT2D eigenvalue weighted by Crippen LogP contribution is 2.38. The highest BCUT2D eigenvalue weighted by atomic mass is 31.2. The molecule has 476 valence electrons. The molecule has 2 atom stereocenters. The van der Waals surface area contributed by atoms with Gasteiger partial charge in [-0.05, 0) is 116 Å². The molecule has 0 heterocycles. The van der Waals surface area contributed by atoms with Crippen LogP contribution in [0.1, 0.15) is 245 Å². The number of quaternary nitrogens is 1. The van der Waals surface area contributed by atoms with E-state index in [1.165, 1.54) is 96.3 Å². The molecule has 0 aliphatic rings. The van der Waals surface area contributed by atoms with Crippen molar-refractivity contribution in [3.05, 3.63) is 158 Å². The number of carbonyl (C=O) groups is 2. The molecule has 0 aromatic rings. The SMILES string of the molecule is CC/C=C\C/C=C\C/C=C\C/C=C\C/C=C\C/C=C\C/C=C\CCCC(=O)OC(COC(=O)CCCCCCCCCCCCCCCCCCCC/C=C\C/C=C\C/C=C\C/C=C\C/C=C\C/C=C\CC)COP(=O)([O-])OCC[N+](C)(C)C. The quantitative estimate of drug-likeness (QED) is 0.0195. The van der Waals surface area contributed by atoms with Gasteiger partial charge in [-0.1, -0.05) is 275 Å². The van der Waals surface area contributed by atoms with Crippen LogP contribution in [0.4, 0.5) is 0 Å². The van der Waals surface area contributed by atoms with E-state index in [-0.39, 0.29) is 26.1 Å². The summed E-state index contributed by atoms with van der Waals surface area (Å²) < 4.78 is 34.2. The maximum atomic E-state index is 12.8. The molecule has 2 unspecified atom stereocenters. The van der Waals surface area contributed by atoms with Gasteiger partial charge in [0.05, 0.1) is 27.7 Å². The number of esters is 2. The third-order valence-corrected chi connectivity index (χ3v) is 14.5. The van der Waals surface area contributed by atoms with Crippen LogP contribution in [0.25, 0.3) is 0 Å². The van der Waals surface area contributed by atoms with E-state index in [1.54, 1.807) is 0 Å². The van der Waals surface area contributed by atoms with Crippen LogP contribution in [0.3, 0.4) is 0 Å². The summed E-state index contributed by atoms with van der Waals surface area (Å²) in [5.74, 6) is -0.908. The summed E-state index contributed by atoms with van der Waals surface area (Å²) in [6.45, 7) is 3.94. The number of ether oxygens (including phenoxy) is 2. The minimum absolute atomic E-state index is 0.0489. The summed E-state index contributed by atoms with van der Waals surface area (Å²) in [5, 5.41) is 0. The minimum atomic E-state index is -4.67. The van der Waals surface area contributed by atoms with Crippen LogP contribution >= 0.6 is 7.82 Å². The second-order valence-corrected chi connectivity index (χ2v) is 24.1. The van der Waals surface area contributed by atoms with E-state index in [0.717, 1.165) is 103 Å². The van der Waals surface area contributed by atoms with Crippen LogP contribution in [0, 0.1) is 0 Å². The molecule has 0 aromatic carbocycles. The molecule has 0 aromatic heterocycles. The molecule has 0 fully saturated rings. The van der Waals surface area contributed by atoms with Crippen molar-refractivity contribution in [3.63, 3.8) is 0 Å². The number of rotatable bonds is 59. The van der Waals surface area contributed by atoms with Gasteiger partial charge in [0.2, 0.25) is 0 Å². The largest absolute Gasteiger partial charge is 0.756 e. The molecule has 84 heavy (non-hydrogen) atoms. The van der Waals surface area contributed by atoms with Crippen molar-refractivity contribution in [2.24, 2.45) is 0 Å². The predicted molar refractivity (Wildman–Crippen MR) is 360 cm³/mol. The van der Waals surface area contributed by atoms with Crippen LogP contribution in [0.15, 0.2) is 158 Å². The maximum absolute atomic E-state index is 12.8. The van der Waals surface area contributed by atoms with Gasteiger partial charge >= 0.3 is 11.9 Å². The Kier molecular flexibility index (Phi) is 59.9. The number of phosphoric acid groups is 1. The number of hydrogen-bond donors (Lipinski definition) is 0. The topological polar surface area (TPSA) is 111 Å². The smallest absolute Gasteiger partial charge is 0.306 e. The van der Waals surface area contributed by atoms with Gasteiger partial charge in [-0.15, -0.1) is 0 Å². The fourth-order valence-electron chi connectivity index (χ4n) is 8.53. The molecule has 0 rings (SSSR count). The van der Waals surface area contributed by atoms with Gasteiger partial charge in [-0.25, -0.2) is 0 Å². The Balaban J connectivity index is 4.11. The highest BCUT2D eigenvalue weighted by Gasteiger charge is 2.21. The fraction of sp³-hybridized carbons (Fsp3) is 0.622. The average Bonchev–Trinajstić information content (AvgIpc) is 3.61. The number of likely N-dealkylation sites (N-methyl/N-ethyl adjacent to an activating group) is 1. The highest BCUT2D eigenvalue weighted by molar-refractivity contribution is 7.45. The summed E-state index contributed by atoms with van der Waals surface area (Å²) in [6, 6.07) is 0. The van der Waals surface area contributed by atoms with E-state index in [1.807, 2.05) is 27.2 Å². The summed E-state index contributed by atoms with van der Waals surface area (Å²) in [7, 11) is 1.11. The summed E-state index contributed by atoms with van der Waals surface area (Å²) in [6.07, 6.45) is 94.7. The molecular formula is C74H122NO8P. The molecule has 0 aliphatic carbocycles. The van der Waals surface area contributed by atoms with Gasteiger partial charge in [0.15, 0.2) is 6.10 Å². The number of nitrogens with zero attached hydrogens (tertiary/aromatic N) is 1. The van der Waals surface area contributed by atoms with Crippen molar-refractivity contribution in [2.75, 3.05) is 47.5 Å². The molecule has 0 amide bonds. The predicted octanol–water partition coefficient (Wildman–Crippen LogP) is 21.0. The van der Waals surface area contributed by atoms with Crippen molar-refractivity contribution in [1.29, 1.82) is 0 Å². The van der Waals surface area contributed by atoms with E-state index >= 15 is 0 Å². The molecule has 0 spiro atoms. The second kappa shape index (κ2) is 63.1. The Hall–Kier alpha value is -4.37. The molecule has 9 nitrogen and oxygen atoms in total. The van der Waals surface area contributed by atoms with E-state index in [2.05, 4.69) is 166 Å². The Morgan fingerprint density at radius 1 is 0.369 bits per heavy atom. The van der Waals surface area contributed by atoms with Gasteiger partial charge in [0.25, 0.3) is 7.82 Å². The molecule has 0 bridgehead atoms. The minimum Gasteiger partial charge on any atom is -0.756 e. The lowest BCUT2D eigenvalue weighted by atomic mass is 10.0. The monoisotopic (exact) mass is 1180 g/mol. The summed E-state index contributed by atoms with van der Waals surface area (Å²) >= 11 is 0. The van der Waals surface area contributed by atoms with Crippen molar-refractivity contribution < 1.29 is 42.1 Å². The molecule has 0 N–H and O–H groups in total. The molecule has 0 aliphatic heterocycles. The van der Waals surface area contributed by atoms with Crippen LogP contribution < -0.4 is 4.89 Å².